The summed E-state index contributed by atoms with van der Waals surface area (Å²) in [6.45, 7) is 0.317. The Morgan fingerprint density at radius 2 is 2.21 bits per heavy atom. The lowest BCUT2D eigenvalue weighted by molar-refractivity contribution is 0.301. The number of pyridine rings is 1. The van der Waals surface area contributed by atoms with Crippen molar-refractivity contribution in [3.63, 3.8) is 0 Å². The number of aromatic nitrogens is 1. The average molecular weight is 278 g/mol. The fourth-order valence-corrected chi connectivity index (χ4v) is 1.75. The lowest BCUT2D eigenvalue weighted by atomic mass is 10.2. The van der Waals surface area contributed by atoms with E-state index in [1.807, 2.05) is 12.1 Å². The summed E-state index contributed by atoms with van der Waals surface area (Å²) in [5.74, 6) is 0.347. The van der Waals surface area contributed by atoms with Gasteiger partial charge >= 0.3 is 0 Å². The summed E-state index contributed by atoms with van der Waals surface area (Å²) in [7, 11) is 0. The Morgan fingerprint density at radius 1 is 1.37 bits per heavy atom. The number of nitrogens with zero attached hydrogens (tertiary/aromatic N) is 2. The Kier molecular flexibility index (Phi) is 4.20. The second-order valence-electron chi connectivity index (χ2n) is 3.75. The lowest BCUT2D eigenvalue weighted by Crippen LogP contribution is -2.16. The minimum atomic E-state index is -0.0957. The molecule has 3 N–H and O–H groups in total. The Hall–Kier alpha value is -2.27. The van der Waals surface area contributed by atoms with E-state index in [0.717, 1.165) is 5.56 Å². The lowest BCUT2D eigenvalue weighted by Gasteiger charge is -2.09. The highest BCUT2D eigenvalue weighted by atomic mass is 35.5. The van der Waals surface area contributed by atoms with Crippen LogP contribution in [0.3, 0.4) is 0 Å². The number of oxime groups is 1. The van der Waals surface area contributed by atoms with Crippen molar-refractivity contribution in [3.8, 4) is 5.75 Å². The van der Waals surface area contributed by atoms with E-state index >= 15 is 0 Å². The molecular weight excluding hydrogens is 266 g/mol. The normalized spacial score (nSPS) is 11.3. The summed E-state index contributed by atoms with van der Waals surface area (Å²) in [6, 6.07) is 10.7. The molecule has 0 spiro atoms. The Morgan fingerprint density at radius 3 is 2.95 bits per heavy atom. The zero-order valence-corrected chi connectivity index (χ0v) is 10.7. The van der Waals surface area contributed by atoms with Crippen molar-refractivity contribution in [1.82, 2.24) is 4.98 Å². The van der Waals surface area contributed by atoms with Gasteiger partial charge in [0, 0.05) is 11.2 Å². The summed E-state index contributed by atoms with van der Waals surface area (Å²) in [5, 5.41) is 12.2. The van der Waals surface area contributed by atoms with Gasteiger partial charge < -0.3 is 15.7 Å². The molecule has 0 saturated carbocycles. The molecule has 0 unspecified atom stereocenters. The van der Waals surface area contributed by atoms with E-state index in [1.165, 1.54) is 0 Å². The minimum absolute atomic E-state index is 0.0957. The van der Waals surface area contributed by atoms with E-state index in [-0.39, 0.29) is 5.84 Å². The zero-order chi connectivity index (χ0) is 13.7. The number of rotatable bonds is 4. The standard InChI is InChI=1S/C13H12ClN3O2/c14-10-4-1-3-9(7-10)8-19-11-5-2-6-16-12(11)13(15)17-18/h1-7,18H,8H2,(H2,15,17). The first kappa shape index (κ1) is 13.2. The third kappa shape index (κ3) is 3.35. The van der Waals surface area contributed by atoms with Crippen molar-refractivity contribution in [1.29, 1.82) is 0 Å². The third-order valence-electron chi connectivity index (χ3n) is 2.40. The first-order valence-electron chi connectivity index (χ1n) is 5.51. The highest BCUT2D eigenvalue weighted by molar-refractivity contribution is 6.30. The van der Waals surface area contributed by atoms with Crippen LogP contribution in [0.25, 0.3) is 0 Å². The molecule has 0 atom stereocenters. The second-order valence-corrected chi connectivity index (χ2v) is 4.19. The van der Waals surface area contributed by atoms with Crippen molar-refractivity contribution >= 4 is 17.4 Å². The molecule has 0 saturated heterocycles. The molecule has 0 bridgehead atoms. The van der Waals surface area contributed by atoms with E-state index in [9.17, 15) is 0 Å². The molecule has 1 heterocycles. The molecule has 2 rings (SSSR count). The van der Waals surface area contributed by atoms with Crippen molar-refractivity contribution in [2.24, 2.45) is 10.9 Å². The van der Waals surface area contributed by atoms with Gasteiger partial charge in [0.2, 0.25) is 0 Å². The van der Waals surface area contributed by atoms with Gasteiger partial charge in [0.25, 0.3) is 0 Å². The Labute approximate surface area is 115 Å². The van der Waals surface area contributed by atoms with Crippen LogP contribution < -0.4 is 10.5 Å². The zero-order valence-electron chi connectivity index (χ0n) is 9.95. The molecule has 6 heteroatoms. The van der Waals surface area contributed by atoms with Gasteiger partial charge in [-0.05, 0) is 29.8 Å². The molecule has 1 aromatic heterocycles. The number of hydrogen-bond acceptors (Lipinski definition) is 4. The van der Waals surface area contributed by atoms with Crippen LogP contribution in [0.1, 0.15) is 11.3 Å². The van der Waals surface area contributed by atoms with Crippen LogP contribution in [0.15, 0.2) is 47.8 Å². The first-order valence-corrected chi connectivity index (χ1v) is 5.88. The third-order valence-corrected chi connectivity index (χ3v) is 2.64. The molecule has 98 valence electrons. The monoisotopic (exact) mass is 277 g/mol. The molecule has 0 aliphatic heterocycles. The van der Waals surface area contributed by atoms with Gasteiger partial charge in [-0.25, -0.2) is 4.98 Å². The predicted molar refractivity (Wildman–Crippen MR) is 72.5 cm³/mol. The first-order chi connectivity index (χ1) is 9.20. The van der Waals surface area contributed by atoms with E-state index in [0.29, 0.717) is 23.1 Å². The van der Waals surface area contributed by atoms with Crippen LogP contribution in [0.5, 0.6) is 5.75 Å². The molecule has 0 amide bonds. The van der Waals surface area contributed by atoms with Gasteiger partial charge in [-0.1, -0.05) is 28.9 Å². The van der Waals surface area contributed by atoms with E-state index < -0.39 is 0 Å². The Bertz CT molecular complexity index is 602. The van der Waals surface area contributed by atoms with Gasteiger partial charge in [-0.15, -0.1) is 0 Å². The number of ether oxygens (including phenoxy) is 1. The van der Waals surface area contributed by atoms with Crippen LogP contribution >= 0.6 is 11.6 Å². The van der Waals surface area contributed by atoms with Crippen LogP contribution in [-0.2, 0) is 6.61 Å². The molecular formula is C13H12ClN3O2. The van der Waals surface area contributed by atoms with E-state index in [1.54, 1.807) is 30.5 Å². The summed E-state index contributed by atoms with van der Waals surface area (Å²) in [5.41, 5.74) is 6.74. The van der Waals surface area contributed by atoms with Crippen LogP contribution in [-0.4, -0.2) is 16.0 Å². The molecule has 0 aliphatic rings. The number of benzene rings is 1. The molecule has 5 nitrogen and oxygen atoms in total. The molecule has 2 aromatic rings. The van der Waals surface area contributed by atoms with Gasteiger partial charge in [-0.3, -0.25) is 0 Å². The Balaban J connectivity index is 2.16. The topological polar surface area (TPSA) is 80.7 Å². The summed E-state index contributed by atoms with van der Waals surface area (Å²) in [4.78, 5) is 4.01. The van der Waals surface area contributed by atoms with Crippen molar-refractivity contribution in [2.45, 2.75) is 6.61 Å². The quantitative estimate of drug-likeness (QED) is 0.389. The SMILES string of the molecule is N/C(=N/O)c1ncccc1OCc1cccc(Cl)c1. The maximum absolute atomic E-state index is 8.68. The summed E-state index contributed by atoms with van der Waals surface area (Å²) in [6.07, 6.45) is 1.54. The molecule has 0 aliphatic carbocycles. The summed E-state index contributed by atoms with van der Waals surface area (Å²) < 4.78 is 5.61. The smallest absolute Gasteiger partial charge is 0.192 e. The predicted octanol–water partition coefficient (Wildman–Crippen LogP) is 2.41. The second kappa shape index (κ2) is 6.06. The number of amidine groups is 1. The van der Waals surface area contributed by atoms with Crippen LogP contribution in [0.2, 0.25) is 5.02 Å². The van der Waals surface area contributed by atoms with Crippen molar-refractivity contribution in [2.75, 3.05) is 0 Å². The van der Waals surface area contributed by atoms with Gasteiger partial charge in [0.1, 0.15) is 12.4 Å². The maximum Gasteiger partial charge on any atom is 0.192 e. The molecule has 1 aromatic carbocycles. The highest BCUT2D eigenvalue weighted by Crippen LogP contribution is 2.18. The number of halogens is 1. The van der Waals surface area contributed by atoms with Crippen molar-refractivity contribution < 1.29 is 9.94 Å². The number of hydrogen-bond donors (Lipinski definition) is 2. The maximum atomic E-state index is 8.68. The minimum Gasteiger partial charge on any atom is -0.486 e. The number of nitrogens with two attached hydrogens (primary N) is 1. The molecule has 19 heavy (non-hydrogen) atoms. The van der Waals surface area contributed by atoms with Crippen molar-refractivity contribution in [3.05, 3.63) is 58.9 Å². The summed E-state index contributed by atoms with van der Waals surface area (Å²) >= 11 is 5.89. The molecule has 0 radical (unpaired) electrons. The largest absolute Gasteiger partial charge is 0.486 e. The van der Waals surface area contributed by atoms with Gasteiger partial charge in [0.15, 0.2) is 11.5 Å². The van der Waals surface area contributed by atoms with Gasteiger partial charge in [-0.2, -0.15) is 0 Å². The van der Waals surface area contributed by atoms with E-state index in [2.05, 4.69) is 10.1 Å². The van der Waals surface area contributed by atoms with Crippen LogP contribution in [0.4, 0.5) is 0 Å². The average Bonchev–Trinajstić information content (AvgIpc) is 2.45. The van der Waals surface area contributed by atoms with E-state index in [4.69, 9.17) is 27.3 Å². The highest BCUT2D eigenvalue weighted by Gasteiger charge is 2.09. The fraction of sp³-hybridized carbons (Fsp3) is 0.0769. The fourth-order valence-electron chi connectivity index (χ4n) is 1.53. The molecule has 0 fully saturated rings. The van der Waals surface area contributed by atoms with Crippen LogP contribution in [0, 0.1) is 0 Å². The van der Waals surface area contributed by atoms with Gasteiger partial charge in [0.05, 0.1) is 0 Å².